The maximum atomic E-state index is 12.3. The van der Waals surface area contributed by atoms with Crippen molar-refractivity contribution in [3.8, 4) is 0 Å². The van der Waals surface area contributed by atoms with Gasteiger partial charge in [0.05, 0.1) is 11.1 Å². The summed E-state index contributed by atoms with van der Waals surface area (Å²) in [7, 11) is 0. The Kier molecular flexibility index (Phi) is 4.25. The van der Waals surface area contributed by atoms with Gasteiger partial charge in [-0.3, -0.25) is 9.59 Å². The molecule has 5 nitrogen and oxygen atoms in total. The second kappa shape index (κ2) is 5.65. The Bertz CT molecular complexity index is 724. The molecule has 0 aliphatic rings. The van der Waals surface area contributed by atoms with E-state index in [4.69, 9.17) is 11.5 Å². The number of rotatable bonds is 4. The first-order valence-corrected chi connectivity index (χ1v) is 7.89. The minimum atomic E-state index is -0.804. The molecule has 2 aromatic rings. The van der Waals surface area contributed by atoms with Crippen LogP contribution in [-0.4, -0.2) is 18.4 Å². The highest BCUT2D eigenvalue weighted by Gasteiger charge is 2.26. The van der Waals surface area contributed by atoms with Crippen molar-refractivity contribution >= 4 is 54.9 Å². The number of hydrogen-bond donors (Lipinski definition) is 3. The molecule has 0 atom stereocenters. The number of hydrogen-bond acceptors (Lipinski definition) is 4. The summed E-state index contributed by atoms with van der Waals surface area (Å²) in [6.07, 6.45) is 0. The highest BCUT2D eigenvalue weighted by Crippen LogP contribution is 2.38. The van der Waals surface area contributed by atoms with Crippen molar-refractivity contribution < 1.29 is 9.59 Å². The molecule has 0 spiro atoms. The smallest absolute Gasteiger partial charge is 0.263 e. The topological polar surface area (TPSA) is 98.2 Å². The first-order chi connectivity index (χ1) is 9.74. The molecule has 0 saturated carbocycles. The zero-order valence-corrected chi connectivity index (χ0v) is 14.1. The molecule has 0 radical (unpaired) electrons. The van der Waals surface area contributed by atoms with Crippen molar-refractivity contribution in [2.45, 2.75) is 13.8 Å². The number of primary amides is 1. The molecule has 0 saturated heterocycles. The van der Waals surface area contributed by atoms with Crippen molar-refractivity contribution in [2.24, 2.45) is 11.1 Å². The van der Waals surface area contributed by atoms with E-state index >= 15 is 0 Å². The molecule has 112 valence electrons. The number of halogens is 1. The zero-order chi connectivity index (χ0) is 15.8. The van der Waals surface area contributed by atoms with E-state index in [9.17, 15) is 9.59 Å². The molecule has 1 heterocycles. The van der Waals surface area contributed by atoms with Gasteiger partial charge < -0.3 is 16.8 Å². The highest BCUT2D eigenvalue weighted by atomic mass is 79.9. The molecule has 1 aromatic heterocycles. The summed E-state index contributed by atoms with van der Waals surface area (Å²) in [5, 5.41) is 3.55. The summed E-state index contributed by atoms with van der Waals surface area (Å²) in [4.78, 5) is 24.0. The number of carbonyl (C=O) groups is 2. The van der Waals surface area contributed by atoms with Gasteiger partial charge in [0.15, 0.2) is 0 Å². The standard InChI is InChI=1S/C14H16BrN3O2S/c1-14(2,13(17)20)6-18-12(19)11-10(16)9-7(15)4-3-5-8(9)21-11/h3-5H,6,16H2,1-2H3,(H2,17,20)(H,18,19). The molecular formula is C14H16BrN3O2S. The first-order valence-electron chi connectivity index (χ1n) is 6.28. The van der Waals surface area contributed by atoms with Crippen LogP contribution in [0.3, 0.4) is 0 Å². The second-order valence-corrected chi connectivity index (χ2v) is 7.30. The number of thiophene rings is 1. The molecule has 7 heteroatoms. The van der Waals surface area contributed by atoms with Crippen molar-refractivity contribution in [1.29, 1.82) is 0 Å². The Hall–Kier alpha value is -1.60. The number of nitrogens with one attached hydrogen (secondary N) is 1. The molecule has 0 aliphatic carbocycles. The van der Waals surface area contributed by atoms with E-state index in [0.29, 0.717) is 10.6 Å². The molecule has 21 heavy (non-hydrogen) atoms. The highest BCUT2D eigenvalue weighted by molar-refractivity contribution is 9.10. The van der Waals surface area contributed by atoms with E-state index in [2.05, 4.69) is 21.2 Å². The van der Waals surface area contributed by atoms with E-state index in [1.165, 1.54) is 11.3 Å². The summed E-state index contributed by atoms with van der Waals surface area (Å²) in [6, 6.07) is 5.68. The van der Waals surface area contributed by atoms with Crippen LogP contribution in [0.15, 0.2) is 22.7 Å². The summed E-state index contributed by atoms with van der Waals surface area (Å²) >= 11 is 4.76. The van der Waals surface area contributed by atoms with E-state index in [0.717, 1.165) is 14.6 Å². The molecule has 0 unspecified atom stereocenters. The van der Waals surface area contributed by atoms with Crippen LogP contribution in [0.25, 0.3) is 10.1 Å². The van der Waals surface area contributed by atoms with E-state index < -0.39 is 11.3 Å². The normalized spacial score (nSPS) is 11.6. The molecule has 5 N–H and O–H groups in total. The van der Waals surface area contributed by atoms with Crippen molar-refractivity contribution in [2.75, 3.05) is 12.3 Å². The fraction of sp³-hybridized carbons (Fsp3) is 0.286. The first kappa shape index (κ1) is 15.8. The zero-order valence-electron chi connectivity index (χ0n) is 11.7. The van der Waals surface area contributed by atoms with Gasteiger partial charge in [0.25, 0.3) is 5.91 Å². The number of nitrogens with two attached hydrogens (primary N) is 2. The maximum Gasteiger partial charge on any atom is 0.263 e. The fourth-order valence-electron chi connectivity index (χ4n) is 1.77. The summed E-state index contributed by atoms with van der Waals surface area (Å²) in [5.41, 5.74) is 11.0. The molecule has 0 fully saturated rings. The van der Waals surface area contributed by atoms with Crippen LogP contribution >= 0.6 is 27.3 Å². The number of anilines is 1. The third kappa shape index (κ3) is 3.03. The van der Waals surface area contributed by atoms with E-state index in [1.54, 1.807) is 13.8 Å². The second-order valence-electron chi connectivity index (χ2n) is 5.39. The third-order valence-corrected chi connectivity index (χ3v) is 5.10. The molecule has 2 amide bonds. The fourth-order valence-corrected chi connectivity index (χ4v) is 3.54. The average Bonchev–Trinajstić information content (AvgIpc) is 2.75. The van der Waals surface area contributed by atoms with Gasteiger partial charge in [-0.2, -0.15) is 0 Å². The van der Waals surface area contributed by atoms with Crippen LogP contribution in [0.2, 0.25) is 0 Å². The SMILES string of the molecule is CC(C)(CNC(=O)c1sc2cccc(Br)c2c1N)C(N)=O. The lowest BCUT2D eigenvalue weighted by molar-refractivity contribution is -0.125. The van der Waals surface area contributed by atoms with Gasteiger partial charge in [0, 0.05) is 21.1 Å². The van der Waals surface area contributed by atoms with Gasteiger partial charge in [0.2, 0.25) is 5.91 Å². The van der Waals surface area contributed by atoms with Gasteiger partial charge in [-0.05, 0) is 26.0 Å². The van der Waals surface area contributed by atoms with Crippen LogP contribution in [0.1, 0.15) is 23.5 Å². The third-order valence-electron chi connectivity index (χ3n) is 3.27. The van der Waals surface area contributed by atoms with Gasteiger partial charge in [-0.15, -0.1) is 11.3 Å². The molecular weight excluding hydrogens is 354 g/mol. The predicted molar refractivity (Wildman–Crippen MR) is 89.2 cm³/mol. The van der Waals surface area contributed by atoms with Crippen molar-refractivity contribution in [3.63, 3.8) is 0 Å². The maximum absolute atomic E-state index is 12.3. The predicted octanol–water partition coefficient (Wildman–Crippen LogP) is 2.49. The van der Waals surface area contributed by atoms with Crippen LogP contribution < -0.4 is 16.8 Å². The van der Waals surface area contributed by atoms with Gasteiger partial charge in [-0.1, -0.05) is 22.0 Å². The van der Waals surface area contributed by atoms with Gasteiger partial charge >= 0.3 is 0 Å². The minimum Gasteiger partial charge on any atom is -0.397 e. The van der Waals surface area contributed by atoms with Gasteiger partial charge in [-0.25, -0.2) is 0 Å². The molecule has 2 rings (SSSR count). The Morgan fingerprint density at radius 1 is 1.38 bits per heavy atom. The summed E-state index contributed by atoms with van der Waals surface area (Å²) in [6.45, 7) is 3.52. The number of nitrogen functional groups attached to an aromatic ring is 1. The Labute approximate surface area is 134 Å². The monoisotopic (exact) mass is 369 g/mol. The lowest BCUT2D eigenvalue weighted by Gasteiger charge is -2.20. The van der Waals surface area contributed by atoms with Crippen LogP contribution in [0.5, 0.6) is 0 Å². The summed E-state index contributed by atoms with van der Waals surface area (Å²) in [5.74, 6) is -0.759. The van der Waals surface area contributed by atoms with E-state index in [1.807, 2.05) is 18.2 Å². The van der Waals surface area contributed by atoms with Crippen molar-refractivity contribution in [3.05, 3.63) is 27.5 Å². The van der Waals surface area contributed by atoms with Crippen LogP contribution in [0, 0.1) is 5.41 Å². The lowest BCUT2D eigenvalue weighted by Crippen LogP contribution is -2.42. The molecule has 1 aromatic carbocycles. The Balaban J connectivity index is 2.27. The minimum absolute atomic E-state index is 0.163. The van der Waals surface area contributed by atoms with Crippen LogP contribution in [-0.2, 0) is 4.79 Å². The molecule has 0 aliphatic heterocycles. The van der Waals surface area contributed by atoms with Crippen LogP contribution in [0.4, 0.5) is 5.69 Å². The number of benzene rings is 1. The van der Waals surface area contributed by atoms with E-state index in [-0.39, 0.29) is 12.5 Å². The number of fused-ring (bicyclic) bond motifs is 1. The quantitative estimate of drug-likeness (QED) is 0.771. The van der Waals surface area contributed by atoms with Crippen molar-refractivity contribution in [1.82, 2.24) is 5.32 Å². The number of carbonyl (C=O) groups excluding carboxylic acids is 2. The average molecular weight is 370 g/mol. The Morgan fingerprint density at radius 3 is 2.62 bits per heavy atom. The molecule has 0 bridgehead atoms. The number of amides is 2. The Morgan fingerprint density at radius 2 is 2.05 bits per heavy atom. The largest absolute Gasteiger partial charge is 0.397 e. The lowest BCUT2D eigenvalue weighted by atomic mass is 9.93. The van der Waals surface area contributed by atoms with Gasteiger partial charge in [0.1, 0.15) is 4.88 Å². The summed E-state index contributed by atoms with van der Waals surface area (Å²) < 4.78 is 1.78.